The Kier molecular flexibility index (Phi) is 4.81. The van der Waals surface area contributed by atoms with Crippen LogP contribution in [0.2, 0.25) is 0 Å². The van der Waals surface area contributed by atoms with Gasteiger partial charge in [0.2, 0.25) is 11.9 Å². The molecule has 4 N–H and O–H groups in total. The van der Waals surface area contributed by atoms with E-state index in [0.717, 1.165) is 38.8 Å². The molecule has 0 unspecified atom stereocenters. The van der Waals surface area contributed by atoms with Gasteiger partial charge in [0.1, 0.15) is 6.54 Å². The van der Waals surface area contributed by atoms with E-state index in [4.69, 9.17) is 5.84 Å². The lowest BCUT2D eigenvalue weighted by atomic mass is 10.2. The summed E-state index contributed by atoms with van der Waals surface area (Å²) in [6, 6.07) is 0.446. The van der Waals surface area contributed by atoms with Gasteiger partial charge in [0.15, 0.2) is 0 Å². The molecule has 0 bridgehead atoms. The van der Waals surface area contributed by atoms with Gasteiger partial charge >= 0.3 is 0 Å². The Labute approximate surface area is 108 Å². The van der Waals surface area contributed by atoms with Crippen molar-refractivity contribution in [1.82, 2.24) is 15.6 Å². The minimum atomic E-state index is 0.0912. The average molecular weight is 253 g/mol. The quantitative estimate of drug-likeness (QED) is 0.285. The third kappa shape index (κ3) is 3.60. The van der Waals surface area contributed by atoms with E-state index in [1.54, 1.807) is 0 Å². The van der Waals surface area contributed by atoms with Crippen LogP contribution in [0, 0.1) is 0 Å². The maximum Gasteiger partial charge on any atom is 0.244 e. The first-order valence-corrected chi connectivity index (χ1v) is 6.85. The first-order chi connectivity index (χ1) is 8.79. The van der Waals surface area contributed by atoms with Crippen LogP contribution in [-0.4, -0.2) is 42.4 Å². The third-order valence-electron chi connectivity index (χ3n) is 3.66. The minimum Gasteiger partial charge on any atom is -0.353 e. The maximum atomic E-state index is 11.8. The molecule has 18 heavy (non-hydrogen) atoms. The maximum absolute atomic E-state index is 11.8. The highest BCUT2D eigenvalue weighted by molar-refractivity contribution is 5.84. The Morgan fingerprint density at radius 1 is 1.22 bits per heavy atom. The summed E-state index contributed by atoms with van der Waals surface area (Å²) in [5, 5.41) is 3.25. The van der Waals surface area contributed by atoms with Gasteiger partial charge in [0.05, 0.1) is 0 Å². The summed E-state index contributed by atoms with van der Waals surface area (Å²) in [6.07, 6.45) is 7.03. The first-order valence-electron chi connectivity index (χ1n) is 6.85. The highest BCUT2D eigenvalue weighted by Crippen LogP contribution is 2.17. The van der Waals surface area contributed by atoms with Crippen LogP contribution in [0.15, 0.2) is 4.99 Å². The predicted molar refractivity (Wildman–Crippen MR) is 70.8 cm³/mol. The molecule has 102 valence electrons. The number of hydrogen-bond donors (Lipinski definition) is 3. The topological polar surface area (TPSA) is 82.7 Å². The summed E-state index contributed by atoms with van der Waals surface area (Å²) >= 11 is 0. The first kappa shape index (κ1) is 13.1. The Bertz CT molecular complexity index is 306. The van der Waals surface area contributed by atoms with Crippen molar-refractivity contribution < 1.29 is 4.79 Å². The number of nitrogens with two attached hydrogens (primary N) is 1. The van der Waals surface area contributed by atoms with E-state index in [-0.39, 0.29) is 12.5 Å². The van der Waals surface area contributed by atoms with Crippen LogP contribution in [0.1, 0.15) is 38.5 Å². The SMILES string of the molecule is NNC(=NCC(=O)N1CCCC1)NC1CCCC1. The number of nitrogens with one attached hydrogen (secondary N) is 2. The second kappa shape index (κ2) is 6.58. The van der Waals surface area contributed by atoms with E-state index in [2.05, 4.69) is 15.7 Å². The molecule has 2 fully saturated rings. The molecule has 0 spiro atoms. The van der Waals surface area contributed by atoms with Crippen LogP contribution in [0.3, 0.4) is 0 Å². The normalized spacial score (nSPS) is 21.4. The van der Waals surface area contributed by atoms with E-state index in [9.17, 15) is 4.79 Å². The zero-order chi connectivity index (χ0) is 12.8. The molecule has 0 aromatic heterocycles. The number of nitrogens with zero attached hydrogens (tertiary/aromatic N) is 2. The Morgan fingerprint density at radius 3 is 2.50 bits per heavy atom. The van der Waals surface area contributed by atoms with Crippen molar-refractivity contribution in [1.29, 1.82) is 0 Å². The molecule has 1 aliphatic carbocycles. The van der Waals surface area contributed by atoms with Crippen LogP contribution in [0.4, 0.5) is 0 Å². The van der Waals surface area contributed by atoms with Crippen LogP contribution in [0.5, 0.6) is 0 Å². The lowest BCUT2D eigenvalue weighted by Crippen LogP contribution is -2.46. The van der Waals surface area contributed by atoms with Crippen LogP contribution in [-0.2, 0) is 4.79 Å². The molecule has 0 aromatic carbocycles. The average Bonchev–Trinajstić information content (AvgIpc) is 3.06. The highest BCUT2D eigenvalue weighted by atomic mass is 16.2. The van der Waals surface area contributed by atoms with Gasteiger partial charge in [0.25, 0.3) is 0 Å². The number of hydrazine groups is 1. The number of amides is 1. The van der Waals surface area contributed by atoms with Gasteiger partial charge in [-0.1, -0.05) is 12.8 Å². The number of carbonyl (C=O) groups excluding carboxylic acids is 1. The van der Waals surface area contributed by atoms with E-state index >= 15 is 0 Å². The molecule has 1 heterocycles. The Balaban J connectivity index is 1.78. The molecule has 1 saturated heterocycles. The number of rotatable bonds is 3. The van der Waals surface area contributed by atoms with Crippen LogP contribution in [0.25, 0.3) is 0 Å². The van der Waals surface area contributed by atoms with Gasteiger partial charge < -0.3 is 10.2 Å². The zero-order valence-electron chi connectivity index (χ0n) is 10.8. The third-order valence-corrected chi connectivity index (χ3v) is 3.66. The van der Waals surface area contributed by atoms with E-state index in [1.807, 2.05) is 4.90 Å². The van der Waals surface area contributed by atoms with Crippen LogP contribution < -0.4 is 16.6 Å². The van der Waals surface area contributed by atoms with Crippen molar-refractivity contribution in [3.05, 3.63) is 0 Å². The fourth-order valence-corrected chi connectivity index (χ4v) is 2.61. The van der Waals surface area contributed by atoms with Gasteiger partial charge in [-0.05, 0) is 25.7 Å². The van der Waals surface area contributed by atoms with Crippen molar-refractivity contribution in [2.45, 2.75) is 44.6 Å². The number of aliphatic imine (C=N–C) groups is 1. The van der Waals surface area contributed by atoms with E-state index in [1.165, 1.54) is 12.8 Å². The number of carbonyl (C=O) groups is 1. The summed E-state index contributed by atoms with van der Waals surface area (Å²) in [5.41, 5.74) is 2.54. The van der Waals surface area contributed by atoms with Gasteiger partial charge in [-0.15, -0.1) is 0 Å². The lowest BCUT2D eigenvalue weighted by molar-refractivity contribution is -0.128. The van der Waals surface area contributed by atoms with Gasteiger partial charge in [0, 0.05) is 19.1 Å². The molecular weight excluding hydrogens is 230 g/mol. The van der Waals surface area contributed by atoms with Crippen molar-refractivity contribution in [2.24, 2.45) is 10.8 Å². The predicted octanol–water partition coefficient (Wildman–Crippen LogP) is -0.0397. The smallest absolute Gasteiger partial charge is 0.244 e. The Morgan fingerprint density at radius 2 is 1.89 bits per heavy atom. The molecular formula is C12H23N5O. The molecule has 0 radical (unpaired) electrons. The summed E-state index contributed by atoms with van der Waals surface area (Å²) in [5.74, 6) is 6.05. The highest BCUT2D eigenvalue weighted by Gasteiger charge is 2.18. The number of likely N-dealkylation sites (tertiary alicyclic amines) is 1. The largest absolute Gasteiger partial charge is 0.353 e. The molecule has 6 nitrogen and oxygen atoms in total. The fourth-order valence-electron chi connectivity index (χ4n) is 2.61. The molecule has 2 rings (SSSR count). The Hall–Kier alpha value is -1.30. The summed E-state index contributed by atoms with van der Waals surface area (Å²) in [7, 11) is 0. The van der Waals surface area contributed by atoms with E-state index in [0.29, 0.717) is 12.0 Å². The molecule has 6 heteroatoms. The summed E-state index contributed by atoms with van der Waals surface area (Å²) < 4.78 is 0. The molecule has 0 atom stereocenters. The second-order valence-electron chi connectivity index (χ2n) is 5.02. The summed E-state index contributed by atoms with van der Waals surface area (Å²) in [6.45, 7) is 1.92. The molecule has 1 amide bonds. The minimum absolute atomic E-state index is 0.0912. The fraction of sp³-hybridized carbons (Fsp3) is 0.833. The van der Waals surface area contributed by atoms with Crippen molar-refractivity contribution in [2.75, 3.05) is 19.6 Å². The molecule has 1 aliphatic heterocycles. The van der Waals surface area contributed by atoms with Gasteiger partial charge in [-0.2, -0.15) is 0 Å². The lowest BCUT2D eigenvalue weighted by Gasteiger charge is -2.16. The molecule has 1 saturated carbocycles. The number of hydrogen-bond acceptors (Lipinski definition) is 3. The van der Waals surface area contributed by atoms with Crippen molar-refractivity contribution in [3.63, 3.8) is 0 Å². The standard InChI is InChI=1S/C12H23N5O/c13-16-12(15-10-5-1-2-6-10)14-9-11(18)17-7-3-4-8-17/h10H,1-9,13H2,(H2,14,15,16). The monoisotopic (exact) mass is 253 g/mol. The van der Waals surface area contributed by atoms with Crippen molar-refractivity contribution >= 4 is 11.9 Å². The van der Waals surface area contributed by atoms with Crippen LogP contribution >= 0.6 is 0 Å². The second-order valence-corrected chi connectivity index (χ2v) is 5.02. The van der Waals surface area contributed by atoms with Gasteiger partial charge in [-0.3, -0.25) is 10.2 Å². The van der Waals surface area contributed by atoms with Crippen molar-refractivity contribution in [3.8, 4) is 0 Å². The zero-order valence-corrected chi connectivity index (χ0v) is 10.8. The van der Waals surface area contributed by atoms with E-state index < -0.39 is 0 Å². The molecule has 0 aromatic rings. The number of guanidine groups is 1. The summed E-state index contributed by atoms with van der Waals surface area (Å²) in [4.78, 5) is 17.9. The van der Waals surface area contributed by atoms with Gasteiger partial charge in [-0.25, -0.2) is 10.8 Å². The molecule has 2 aliphatic rings.